The van der Waals surface area contributed by atoms with E-state index in [1.807, 2.05) is 0 Å². The minimum Gasteiger partial charge on any atom is -0.294 e. The highest BCUT2D eigenvalue weighted by Gasteiger charge is 2.34. The van der Waals surface area contributed by atoms with Crippen LogP contribution in [0, 0.1) is 5.92 Å². The molecule has 132 valence electrons. The van der Waals surface area contributed by atoms with E-state index >= 15 is 0 Å². The first kappa shape index (κ1) is 18.4. The molecule has 0 aromatic heterocycles. The van der Waals surface area contributed by atoms with E-state index in [0.717, 1.165) is 0 Å². The SMILES string of the molecule is O=C(c1cccc(Cl)c1)C1CCCN(S(=O)(=O)c2ccccc2Cl)C1. The number of Topliss-reactive ketones (excluding diaryl/α,β-unsaturated/α-hetero) is 1. The normalized spacial score (nSPS) is 18.9. The number of hydrogen-bond acceptors (Lipinski definition) is 3. The summed E-state index contributed by atoms with van der Waals surface area (Å²) in [7, 11) is -3.73. The van der Waals surface area contributed by atoms with Crippen LogP contribution in [0.25, 0.3) is 0 Å². The summed E-state index contributed by atoms with van der Waals surface area (Å²) in [5, 5.41) is 0.674. The van der Waals surface area contributed by atoms with E-state index in [1.54, 1.807) is 42.5 Å². The monoisotopic (exact) mass is 397 g/mol. The van der Waals surface area contributed by atoms with Crippen LogP contribution in [-0.2, 0) is 10.0 Å². The number of rotatable bonds is 4. The Bertz CT molecular complexity index is 899. The number of halogens is 2. The van der Waals surface area contributed by atoms with Crippen LogP contribution in [-0.4, -0.2) is 31.6 Å². The molecule has 1 aliphatic rings. The van der Waals surface area contributed by atoms with Gasteiger partial charge in [0.05, 0.1) is 5.02 Å². The van der Waals surface area contributed by atoms with Gasteiger partial charge in [-0.1, -0.05) is 47.5 Å². The summed E-state index contributed by atoms with van der Waals surface area (Å²) in [6, 6.07) is 13.1. The number of sulfonamides is 1. The molecule has 2 aromatic rings. The molecule has 0 aliphatic carbocycles. The van der Waals surface area contributed by atoms with Crippen molar-refractivity contribution in [2.24, 2.45) is 5.92 Å². The number of ketones is 1. The molecule has 4 nitrogen and oxygen atoms in total. The third-order valence-electron chi connectivity index (χ3n) is 4.32. The van der Waals surface area contributed by atoms with Gasteiger partial charge in [-0.15, -0.1) is 0 Å². The van der Waals surface area contributed by atoms with Crippen molar-refractivity contribution < 1.29 is 13.2 Å². The van der Waals surface area contributed by atoms with Gasteiger partial charge in [0.25, 0.3) is 0 Å². The second kappa shape index (κ2) is 7.46. The molecule has 0 N–H and O–H groups in total. The van der Waals surface area contributed by atoms with Gasteiger partial charge in [0.2, 0.25) is 10.0 Å². The molecule has 2 aromatic carbocycles. The van der Waals surface area contributed by atoms with Crippen LogP contribution in [0.5, 0.6) is 0 Å². The number of carbonyl (C=O) groups excluding carboxylic acids is 1. The summed E-state index contributed by atoms with van der Waals surface area (Å²) in [6.45, 7) is 0.534. The zero-order chi connectivity index (χ0) is 18.0. The Morgan fingerprint density at radius 1 is 1.08 bits per heavy atom. The zero-order valence-electron chi connectivity index (χ0n) is 13.4. The first-order valence-corrected chi connectivity index (χ1v) is 10.1. The van der Waals surface area contributed by atoms with Crippen molar-refractivity contribution in [2.75, 3.05) is 13.1 Å². The van der Waals surface area contributed by atoms with Crippen molar-refractivity contribution >= 4 is 39.0 Å². The number of carbonyl (C=O) groups is 1. The number of nitrogens with zero attached hydrogens (tertiary/aromatic N) is 1. The maximum atomic E-state index is 12.9. The minimum atomic E-state index is -3.73. The van der Waals surface area contributed by atoms with Crippen LogP contribution in [0.4, 0.5) is 0 Å². The van der Waals surface area contributed by atoms with Gasteiger partial charge in [-0.25, -0.2) is 8.42 Å². The Balaban J connectivity index is 1.84. The van der Waals surface area contributed by atoms with Gasteiger partial charge in [-0.3, -0.25) is 4.79 Å². The van der Waals surface area contributed by atoms with Gasteiger partial charge in [0.15, 0.2) is 5.78 Å². The lowest BCUT2D eigenvalue weighted by Gasteiger charge is -2.31. The summed E-state index contributed by atoms with van der Waals surface area (Å²) in [6.07, 6.45) is 1.28. The molecular weight excluding hydrogens is 381 g/mol. The fraction of sp³-hybridized carbons (Fsp3) is 0.278. The average molecular weight is 398 g/mol. The predicted molar refractivity (Wildman–Crippen MR) is 98.7 cm³/mol. The summed E-state index contributed by atoms with van der Waals surface area (Å²) in [4.78, 5) is 12.8. The van der Waals surface area contributed by atoms with Gasteiger partial charge in [-0.2, -0.15) is 4.31 Å². The van der Waals surface area contributed by atoms with Crippen LogP contribution in [0.2, 0.25) is 10.0 Å². The number of piperidine rings is 1. The quantitative estimate of drug-likeness (QED) is 0.723. The molecule has 0 amide bonds. The molecule has 25 heavy (non-hydrogen) atoms. The van der Waals surface area contributed by atoms with E-state index in [1.165, 1.54) is 10.4 Å². The highest BCUT2D eigenvalue weighted by Crippen LogP contribution is 2.29. The van der Waals surface area contributed by atoms with Gasteiger partial charge >= 0.3 is 0 Å². The van der Waals surface area contributed by atoms with E-state index < -0.39 is 10.0 Å². The molecule has 0 radical (unpaired) electrons. The van der Waals surface area contributed by atoms with Gasteiger partial charge < -0.3 is 0 Å². The predicted octanol–water partition coefficient (Wildman–Crippen LogP) is 4.28. The van der Waals surface area contributed by atoms with Crippen LogP contribution < -0.4 is 0 Å². The maximum Gasteiger partial charge on any atom is 0.244 e. The van der Waals surface area contributed by atoms with E-state index in [0.29, 0.717) is 30.0 Å². The molecule has 1 fully saturated rings. The van der Waals surface area contributed by atoms with E-state index in [4.69, 9.17) is 23.2 Å². The van der Waals surface area contributed by atoms with Gasteiger partial charge in [-0.05, 0) is 37.1 Å². The first-order chi connectivity index (χ1) is 11.9. The van der Waals surface area contributed by atoms with Crippen molar-refractivity contribution in [1.29, 1.82) is 0 Å². The fourth-order valence-corrected chi connectivity index (χ4v) is 5.25. The van der Waals surface area contributed by atoms with Crippen molar-refractivity contribution in [3.05, 3.63) is 64.1 Å². The van der Waals surface area contributed by atoms with E-state index in [9.17, 15) is 13.2 Å². The molecule has 0 spiro atoms. The van der Waals surface area contributed by atoms with Crippen molar-refractivity contribution in [2.45, 2.75) is 17.7 Å². The Kier molecular flexibility index (Phi) is 5.49. The van der Waals surface area contributed by atoms with Crippen LogP contribution in [0.1, 0.15) is 23.2 Å². The molecule has 0 bridgehead atoms. The summed E-state index contributed by atoms with van der Waals surface area (Å²) in [5.74, 6) is -0.467. The molecule has 1 unspecified atom stereocenters. The molecule has 1 aliphatic heterocycles. The van der Waals surface area contributed by atoms with Crippen LogP contribution in [0.3, 0.4) is 0 Å². The van der Waals surface area contributed by atoms with Crippen LogP contribution >= 0.6 is 23.2 Å². The topological polar surface area (TPSA) is 54.5 Å². The average Bonchev–Trinajstić information content (AvgIpc) is 2.61. The van der Waals surface area contributed by atoms with Gasteiger partial charge in [0, 0.05) is 29.6 Å². The van der Waals surface area contributed by atoms with Crippen LogP contribution in [0.15, 0.2) is 53.4 Å². The van der Waals surface area contributed by atoms with Crippen molar-refractivity contribution in [3.63, 3.8) is 0 Å². The lowest BCUT2D eigenvalue weighted by Crippen LogP contribution is -2.42. The van der Waals surface area contributed by atoms with E-state index in [-0.39, 0.29) is 28.2 Å². The molecule has 1 atom stereocenters. The molecule has 3 rings (SSSR count). The standard InChI is InChI=1S/C18H17Cl2NO3S/c19-15-7-3-5-13(11-15)18(22)14-6-4-10-21(12-14)25(23,24)17-9-2-1-8-16(17)20/h1-3,5,7-9,11,14H,4,6,10,12H2. The first-order valence-electron chi connectivity index (χ1n) is 7.94. The Labute approximate surface area is 157 Å². The third-order valence-corrected chi connectivity index (χ3v) is 6.92. The third kappa shape index (κ3) is 3.90. The maximum absolute atomic E-state index is 12.9. The largest absolute Gasteiger partial charge is 0.294 e. The Morgan fingerprint density at radius 3 is 2.56 bits per heavy atom. The second-order valence-electron chi connectivity index (χ2n) is 6.01. The lowest BCUT2D eigenvalue weighted by atomic mass is 9.91. The molecule has 0 saturated carbocycles. The smallest absolute Gasteiger partial charge is 0.244 e. The molecule has 1 saturated heterocycles. The summed E-state index contributed by atoms with van der Waals surface area (Å²) in [5.41, 5.74) is 0.509. The second-order valence-corrected chi connectivity index (χ2v) is 8.76. The van der Waals surface area contributed by atoms with Crippen molar-refractivity contribution in [3.8, 4) is 0 Å². The molecule has 1 heterocycles. The summed E-state index contributed by atoms with van der Waals surface area (Å²) < 4.78 is 27.1. The Morgan fingerprint density at radius 2 is 1.84 bits per heavy atom. The number of hydrogen-bond donors (Lipinski definition) is 0. The summed E-state index contributed by atoms with van der Waals surface area (Å²) >= 11 is 12.0. The Hall–Kier alpha value is -1.40. The van der Waals surface area contributed by atoms with E-state index in [2.05, 4.69) is 0 Å². The molecule has 7 heteroatoms. The lowest BCUT2D eigenvalue weighted by molar-refractivity contribution is 0.0872. The number of benzene rings is 2. The zero-order valence-corrected chi connectivity index (χ0v) is 15.7. The highest BCUT2D eigenvalue weighted by atomic mass is 35.5. The van der Waals surface area contributed by atoms with Crippen molar-refractivity contribution in [1.82, 2.24) is 4.31 Å². The molecular formula is C18H17Cl2NO3S. The fourth-order valence-electron chi connectivity index (χ4n) is 3.05. The highest BCUT2D eigenvalue weighted by molar-refractivity contribution is 7.89. The minimum absolute atomic E-state index is 0.0764. The van der Waals surface area contributed by atoms with Gasteiger partial charge in [0.1, 0.15) is 4.90 Å².